The van der Waals surface area contributed by atoms with Gasteiger partial charge in [-0.25, -0.2) is 4.39 Å². The second kappa shape index (κ2) is 3.93. The minimum atomic E-state index is -4.50. The molecule has 0 bridgehead atoms. The van der Waals surface area contributed by atoms with Crippen molar-refractivity contribution in [1.29, 1.82) is 0 Å². The van der Waals surface area contributed by atoms with E-state index in [1.54, 1.807) is 0 Å². The fourth-order valence-corrected chi connectivity index (χ4v) is 1.42. The number of benzene rings is 1. The SMILES string of the molecule is Fc1cc(C(F)(F)F)ccc1NC1CNC1. The number of hydrogen-bond acceptors (Lipinski definition) is 2. The number of alkyl halides is 3. The van der Waals surface area contributed by atoms with Crippen LogP contribution in [0.4, 0.5) is 23.2 Å². The maximum atomic E-state index is 13.3. The van der Waals surface area contributed by atoms with Gasteiger partial charge in [0.25, 0.3) is 0 Å². The van der Waals surface area contributed by atoms with Gasteiger partial charge in [0.1, 0.15) is 5.82 Å². The highest BCUT2D eigenvalue weighted by Crippen LogP contribution is 2.31. The summed E-state index contributed by atoms with van der Waals surface area (Å²) in [6.07, 6.45) is -4.50. The molecule has 1 aliphatic heterocycles. The van der Waals surface area contributed by atoms with Crippen molar-refractivity contribution in [3.63, 3.8) is 0 Å². The molecule has 0 spiro atoms. The summed E-state index contributed by atoms with van der Waals surface area (Å²) in [6.45, 7) is 1.39. The van der Waals surface area contributed by atoms with Crippen molar-refractivity contribution >= 4 is 5.69 Å². The Morgan fingerprint density at radius 1 is 1.25 bits per heavy atom. The van der Waals surface area contributed by atoms with Crippen LogP contribution < -0.4 is 10.6 Å². The molecule has 6 heteroatoms. The minimum absolute atomic E-state index is 0.0891. The Labute approximate surface area is 89.6 Å². The molecule has 2 rings (SSSR count). The van der Waals surface area contributed by atoms with Crippen molar-refractivity contribution < 1.29 is 17.6 Å². The van der Waals surface area contributed by atoms with Crippen LogP contribution in [0.25, 0.3) is 0 Å². The van der Waals surface area contributed by atoms with E-state index < -0.39 is 17.6 Å². The van der Waals surface area contributed by atoms with Crippen LogP contribution in [0.1, 0.15) is 5.56 Å². The van der Waals surface area contributed by atoms with Crippen molar-refractivity contribution in [2.75, 3.05) is 18.4 Å². The lowest BCUT2D eigenvalue weighted by atomic mass is 10.1. The number of nitrogens with one attached hydrogen (secondary N) is 2. The molecule has 1 aliphatic rings. The molecule has 1 aromatic rings. The van der Waals surface area contributed by atoms with E-state index >= 15 is 0 Å². The third-order valence-corrected chi connectivity index (χ3v) is 2.44. The van der Waals surface area contributed by atoms with Crippen molar-refractivity contribution in [1.82, 2.24) is 5.32 Å². The molecule has 0 aromatic heterocycles. The molecule has 0 amide bonds. The molecule has 88 valence electrons. The van der Waals surface area contributed by atoms with Gasteiger partial charge in [0.05, 0.1) is 17.3 Å². The van der Waals surface area contributed by atoms with E-state index in [-0.39, 0.29) is 11.7 Å². The number of rotatable bonds is 2. The Kier molecular flexibility index (Phi) is 2.75. The van der Waals surface area contributed by atoms with Gasteiger partial charge in [-0.2, -0.15) is 13.2 Å². The summed E-state index contributed by atoms with van der Waals surface area (Å²) in [5.74, 6) is -0.873. The van der Waals surface area contributed by atoms with Crippen LogP contribution in [0.3, 0.4) is 0 Å². The Morgan fingerprint density at radius 2 is 1.94 bits per heavy atom. The van der Waals surface area contributed by atoms with Gasteiger partial charge in [0.15, 0.2) is 0 Å². The van der Waals surface area contributed by atoms with Gasteiger partial charge in [-0.3, -0.25) is 0 Å². The molecule has 0 saturated carbocycles. The van der Waals surface area contributed by atoms with Crippen LogP contribution >= 0.6 is 0 Å². The molecule has 1 aromatic carbocycles. The van der Waals surface area contributed by atoms with E-state index in [4.69, 9.17) is 0 Å². The summed E-state index contributed by atoms with van der Waals surface area (Å²) in [7, 11) is 0. The lowest BCUT2D eigenvalue weighted by Crippen LogP contribution is -2.51. The van der Waals surface area contributed by atoms with E-state index in [0.29, 0.717) is 19.2 Å². The molecule has 1 saturated heterocycles. The summed E-state index contributed by atoms with van der Waals surface area (Å²) in [5.41, 5.74) is -0.859. The standard InChI is InChI=1S/C10H10F4N2/c11-8-3-6(10(12,13)14)1-2-9(8)16-7-4-15-5-7/h1-3,7,15-16H,4-5H2. The molecule has 0 aliphatic carbocycles. The van der Waals surface area contributed by atoms with E-state index in [9.17, 15) is 17.6 Å². The smallest absolute Gasteiger partial charge is 0.377 e. The van der Waals surface area contributed by atoms with Crippen LogP contribution in [-0.4, -0.2) is 19.1 Å². The maximum Gasteiger partial charge on any atom is 0.416 e. The first-order chi connectivity index (χ1) is 7.47. The van der Waals surface area contributed by atoms with Gasteiger partial charge >= 0.3 is 6.18 Å². The van der Waals surface area contributed by atoms with Crippen molar-refractivity contribution in [2.45, 2.75) is 12.2 Å². The summed E-state index contributed by atoms with van der Waals surface area (Å²) in [5, 5.41) is 5.79. The first-order valence-electron chi connectivity index (χ1n) is 4.81. The molecule has 1 heterocycles. The molecular formula is C10H10F4N2. The molecule has 2 nitrogen and oxygen atoms in total. The molecule has 0 atom stereocenters. The van der Waals surface area contributed by atoms with Gasteiger partial charge in [0, 0.05) is 13.1 Å². The number of anilines is 1. The van der Waals surface area contributed by atoms with E-state index in [0.717, 1.165) is 12.1 Å². The van der Waals surface area contributed by atoms with Crippen LogP contribution in [0.15, 0.2) is 18.2 Å². The van der Waals surface area contributed by atoms with Crippen LogP contribution in [0.5, 0.6) is 0 Å². The molecule has 2 N–H and O–H groups in total. The van der Waals surface area contributed by atoms with Crippen molar-refractivity contribution in [3.05, 3.63) is 29.6 Å². The van der Waals surface area contributed by atoms with E-state index in [1.165, 1.54) is 0 Å². The summed E-state index contributed by atoms with van der Waals surface area (Å²) in [6, 6.07) is 2.59. The quantitative estimate of drug-likeness (QED) is 0.767. The minimum Gasteiger partial charge on any atom is -0.377 e. The van der Waals surface area contributed by atoms with Crippen molar-refractivity contribution in [3.8, 4) is 0 Å². The Morgan fingerprint density at radius 3 is 2.38 bits per heavy atom. The number of hydrogen-bond donors (Lipinski definition) is 2. The van der Waals surface area contributed by atoms with Gasteiger partial charge in [0.2, 0.25) is 0 Å². The predicted molar refractivity (Wildman–Crippen MR) is 51.7 cm³/mol. The topological polar surface area (TPSA) is 24.1 Å². The first kappa shape index (κ1) is 11.2. The fourth-order valence-electron chi connectivity index (χ4n) is 1.42. The molecule has 0 unspecified atom stereocenters. The van der Waals surface area contributed by atoms with E-state index in [2.05, 4.69) is 10.6 Å². The second-order valence-corrected chi connectivity index (χ2v) is 3.69. The van der Waals surface area contributed by atoms with Gasteiger partial charge in [-0.15, -0.1) is 0 Å². The zero-order valence-electron chi connectivity index (χ0n) is 8.24. The third kappa shape index (κ3) is 2.27. The average Bonchev–Trinajstić information content (AvgIpc) is 2.11. The molecule has 16 heavy (non-hydrogen) atoms. The highest BCUT2D eigenvalue weighted by molar-refractivity contribution is 5.48. The first-order valence-corrected chi connectivity index (χ1v) is 4.81. The highest BCUT2D eigenvalue weighted by atomic mass is 19.4. The second-order valence-electron chi connectivity index (χ2n) is 3.69. The predicted octanol–water partition coefficient (Wildman–Crippen LogP) is 2.23. The zero-order valence-corrected chi connectivity index (χ0v) is 8.24. The van der Waals surface area contributed by atoms with Gasteiger partial charge < -0.3 is 10.6 Å². The maximum absolute atomic E-state index is 13.3. The van der Waals surface area contributed by atoms with Crippen molar-refractivity contribution in [2.24, 2.45) is 0 Å². The highest BCUT2D eigenvalue weighted by Gasteiger charge is 2.31. The fraction of sp³-hybridized carbons (Fsp3) is 0.400. The summed E-state index contributed by atoms with van der Waals surface area (Å²) < 4.78 is 50.0. The van der Waals surface area contributed by atoms with Gasteiger partial charge in [-0.05, 0) is 18.2 Å². The zero-order chi connectivity index (χ0) is 11.8. The lowest BCUT2D eigenvalue weighted by Gasteiger charge is -2.29. The van der Waals surface area contributed by atoms with Crippen LogP contribution in [0, 0.1) is 5.82 Å². The summed E-state index contributed by atoms with van der Waals surface area (Å²) in [4.78, 5) is 0. The normalized spacial score (nSPS) is 17.0. The van der Waals surface area contributed by atoms with Crippen LogP contribution in [0.2, 0.25) is 0 Å². The van der Waals surface area contributed by atoms with E-state index in [1.807, 2.05) is 0 Å². The third-order valence-electron chi connectivity index (χ3n) is 2.44. The average molecular weight is 234 g/mol. The largest absolute Gasteiger partial charge is 0.416 e. The Hall–Kier alpha value is -1.30. The Balaban J connectivity index is 2.15. The number of halogens is 4. The molecule has 1 fully saturated rings. The summed E-state index contributed by atoms with van der Waals surface area (Å²) >= 11 is 0. The lowest BCUT2D eigenvalue weighted by molar-refractivity contribution is -0.137. The van der Waals surface area contributed by atoms with Gasteiger partial charge in [-0.1, -0.05) is 0 Å². The van der Waals surface area contributed by atoms with Crippen LogP contribution in [-0.2, 0) is 6.18 Å². The molecule has 0 radical (unpaired) electrons. The monoisotopic (exact) mass is 234 g/mol. The molecular weight excluding hydrogens is 224 g/mol. The Bertz CT molecular complexity index is 385.